The number of carbonyl (C=O) groups is 2. The van der Waals surface area contributed by atoms with E-state index in [-0.39, 0.29) is 23.7 Å². The van der Waals surface area contributed by atoms with Gasteiger partial charge < -0.3 is 5.32 Å². The lowest BCUT2D eigenvalue weighted by molar-refractivity contribution is -0.122. The average molecular weight is 363 g/mol. The lowest BCUT2D eigenvalue weighted by atomic mass is 10.1. The minimum absolute atomic E-state index is 0.00295. The first kappa shape index (κ1) is 19.2. The molecule has 2 aromatic heterocycles. The topological polar surface area (TPSA) is 89.8 Å². The third kappa shape index (κ3) is 4.31. The summed E-state index contributed by atoms with van der Waals surface area (Å²) in [6, 6.07) is -0.129. The third-order valence-electron chi connectivity index (χ3n) is 4.15. The van der Waals surface area contributed by atoms with E-state index in [1.54, 1.807) is 4.68 Å². The van der Waals surface area contributed by atoms with Crippen LogP contribution >= 0.6 is 11.5 Å². The zero-order valence-electron chi connectivity index (χ0n) is 15.6. The molecule has 25 heavy (non-hydrogen) atoms. The van der Waals surface area contributed by atoms with Crippen LogP contribution < -0.4 is 5.32 Å². The second-order valence-corrected chi connectivity index (χ2v) is 7.45. The van der Waals surface area contributed by atoms with Crippen molar-refractivity contribution >= 4 is 23.2 Å². The van der Waals surface area contributed by atoms with E-state index < -0.39 is 0 Å². The van der Waals surface area contributed by atoms with Crippen LogP contribution in [0.5, 0.6) is 0 Å². The van der Waals surface area contributed by atoms with Gasteiger partial charge in [-0.05, 0) is 45.1 Å². The van der Waals surface area contributed by atoms with Crippen molar-refractivity contribution in [3.05, 3.63) is 27.5 Å². The fourth-order valence-electron chi connectivity index (χ4n) is 2.98. The molecule has 1 atom stereocenters. The van der Waals surface area contributed by atoms with Crippen molar-refractivity contribution in [3.63, 3.8) is 0 Å². The number of nitrogens with zero attached hydrogens (tertiary/aromatic N) is 4. The predicted octanol–water partition coefficient (Wildman–Crippen LogP) is 2.94. The number of ketones is 1. The van der Waals surface area contributed by atoms with E-state index in [9.17, 15) is 9.59 Å². The first-order valence-electron chi connectivity index (χ1n) is 8.36. The van der Waals surface area contributed by atoms with E-state index >= 15 is 0 Å². The van der Waals surface area contributed by atoms with E-state index in [0.29, 0.717) is 24.2 Å². The summed E-state index contributed by atoms with van der Waals surface area (Å²) in [5, 5.41) is 11.5. The molecular weight excluding hydrogens is 338 g/mol. The van der Waals surface area contributed by atoms with E-state index in [1.807, 2.05) is 20.8 Å². The normalized spacial score (nSPS) is 12.4. The fraction of sp³-hybridized carbons (Fsp3) is 0.588. The van der Waals surface area contributed by atoms with Gasteiger partial charge in [0.05, 0.1) is 34.4 Å². The van der Waals surface area contributed by atoms with Crippen molar-refractivity contribution in [3.8, 4) is 0 Å². The largest absolute Gasteiger partial charge is 0.351 e. The van der Waals surface area contributed by atoms with Gasteiger partial charge >= 0.3 is 0 Å². The Balaban J connectivity index is 2.00. The number of Topliss-reactive ketones (excluding diaryl/α,β-unsaturated/α-hetero) is 1. The van der Waals surface area contributed by atoms with Gasteiger partial charge in [0.2, 0.25) is 5.91 Å². The Labute approximate surface area is 152 Å². The predicted molar refractivity (Wildman–Crippen MR) is 96.9 cm³/mol. The maximum Gasteiger partial charge on any atom is 0.222 e. The molecule has 0 aliphatic carbocycles. The first-order chi connectivity index (χ1) is 11.7. The average Bonchev–Trinajstić information content (AvgIpc) is 3.09. The van der Waals surface area contributed by atoms with Gasteiger partial charge in [0.25, 0.3) is 0 Å². The van der Waals surface area contributed by atoms with Crippen molar-refractivity contribution < 1.29 is 9.59 Å². The molecule has 0 bridgehead atoms. The van der Waals surface area contributed by atoms with Crippen LogP contribution in [0, 0.1) is 13.8 Å². The summed E-state index contributed by atoms with van der Waals surface area (Å²) in [4.78, 5) is 25.0. The summed E-state index contributed by atoms with van der Waals surface area (Å²) in [5.41, 5.74) is 3.08. The number of aromatic nitrogens is 4. The van der Waals surface area contributed by atoms with Crippen molar-refractivity contribution in [1.29, 1.82) is 0 Å². The van der Waals surface area contributed by atoms with Crippen molar-refractivity contribution in [1.82, 2.24) is 24.7 Å². The summed E-state index contributed by atoms with van der Waals surface area (Å²) >= 11 is 1.32. The molecule has 0 fully saturated rings. The maximum absolute atomic E-state index is 12.3. The Hall–Kier alpha value is -2.09. The molecule has 2 aromatic rings. The van der Waals surface area contributed by atoms with Gasteiger partial charge in [-0.3, -0.25) is 14.3 Å². The van der Waals surface area contributed by atoms with Crippen molar-refractivity contribution in [2.45, 2.75) is 66.5 Å². The highest BCUT2D eigenvalue weighted by molar-refractivity contribution is 7.05. The molecule has 0 radical (unpaired) electrons. The molecule has 0 aromatic carbocycles. The molecule has 0 spiro atoms. The molecule has 0 unspecified atom stereocenters. The molecule has 1 N–H and O–H groups in total. The number of hydrogen-bond donors (Lipinski definition) is 1. The number of amides is 1. The highest BCUT2D eigenvalue weighted by Gasteiger charge is 2.20. The van der Waals surface area contributed by atoms with Gasteiger partial charge in [0.15, 0.2) is 5.78 Å². The maximum atomic E-state index is 12.3. The number of rotatable bonds is 7. The fourth-order valence-corrected chi connectivity index (χ4v) is 3.72. The van der Waals surface area contributed by atoms with Crippen LogP contribution in [0.25, 0.3) is 0 Å². The molecule has 0 saturated heterocycles. The molecule has 7 nitrogen and oxygen atoms in total. The summed E-state index contributed by atoms with van der Waals surface area (Å²) in [6.45, 7) is 11.7. The van der Waals surface area contributed by atoms with Gasteiger partial charge in [-0.2, -0.15) is 5.10 Å². The molecule has 136 valence electrons. The number of hydrogen-bond acceptors (Lipinski definition) is 6. The lowest BCUT2D eigenvalue weighted by Crippen LogP contribution is -2.26. The minimum Gasteiger partial charge on any atom is -0.351 e. The smallest absolute Gasteiger partial charge is 0.222 e. The number of aryl methyl sites for hydroxylation is 1. The summed E-state index contributed by atoms with van der Waals surface area (Å²) in [5.74, 6) is 0.216. The third-order valence-corrected chi connectivity index (χ3v) is 4.89. The molecule has 0 aliphatic heterocycles. The second kappa shape index (κ2) is 7.86. The Bertz CT molecular complexity index is 778. The highest BCUT2D eigenvalue weighted by atomic mass is 32.1. The molecule has 2 heterocycles. The van der Waals surface area contributed by atoms with Crippen LogP contribution in [0.3, 0.4) is 0 Å². The van der Waals surface area contributed by atoms with Crippen LogP contribution in [0.2, 0.25) is 0 Å². The first-order valence-corrected chi connectivity index (χ1v) is 9.14. The van der Waals surface area contributed by atoms with Gasteiger partial charge in [0.1, 0.15) is 0 Å². The zero-order chi connectivity index (χ0) is 18.7. The van der Waals surface area contributed by atoms with E-state index in [4.69, 9.17) is 0 Å². The molecule has 8 heteroatoms. The summed E-state index contributed by atoms with van der Waals surface area (Å²) in [6.07, 6.45) is 0.294. The lowest BCUT2D eigenvalue weighted by Gasteiger charge is -2.14. The van der Waals surface area contributed by atoms with E-state index in [1.165, 1.54) is 18.5 Å². The Morgan fingerprint density at radius 3 is 2.48 bits per heavy atom. The molecule has 1 amide bonds. The van der Waals surface area contributed by atoms with Crippen molar-refractivity contribution in [2.75, 3.05) is 0 Å². The van der Waals surface area contributed by atoms with E-state index in [0.717, 1.165) is 16.3 Å². The zero-order valence-corrected chi connectivity index (χ0v) is 16.4. The van der Waals surface area contributed by atoms with Crippen LogP contribution in [-0.4, -0.2) is 31.1 Å². The van der Waals surface area contributed by atoms with E-state index in [2.05, 4.69) is 33.8 Å². The summed E-state index contributed by atoms with van der Waals surface area (Å²) in [7, 11) is 0. The summed E-state index contributed by atoms with van der Waals surface area (Å²) < 4.78 is 5.73. The number of carbonyl (C=O) groups excluding carboxylic acids is 2. The Morgan fingerprint density at radius 1 is 1.24 bits per heavy atom. The standard InChI is InChI=1S/C17H25N5O2S/c1-9(2)17-14(25-21-19-17)8-18-15(24)7-10(3)22-12(5)16(13(6)23)11(4)20-22/h9-10H,7-8H2,1-6H3,(H,18,24)/t10-/m1/s1. The Kier molecular flexibility index (Phi) is 6.05. The molecular formula is C17H25N5O2S. The monoisotopic (exact) mass is 363 g/mol. The highest BCUT2D eigenvalue weighted by Crippen LogP contribution is 2.21. The molecule has 0 saturated carbocycles. The van der Waals surface area contributed by atoms with Gasteiger partial charge in [-0.25, -0.2) is 0 Å². The quantitative estimate of drug-likeness (QED) is 0.764. The molecule has 2 rings (SSSR count). The second-order valence-electron chi connectivity index (χ2n) is 6.61. The van der Waals surface area contributed by atoms with Crippen LogP contribution in [-0.2, 0) is 11.3 Å². The minimum atomic E-state index is -0.129. The SMILES string of the molecule is CC(=O)c1c(C)nn([C@H](C)CC(=O)NCc2snnc2C(C)C)c1C. The van der Waals surface area contributed by atoms with Crippen molar-refractivity contribution in [2.24, 2.45) is 0 Å². The molecule has 0 aliphatic rings. The van der Waals surface area contributed by atoms with Gasteiger partial charge in [0, 0.05) is 12.1 Å². The Morgan fingerprint density at radius 2 is 1.92 bits per heavy atom. The van der Waals surface area contributed by atoms with Gasteiger partial charge in [-0.1, -0.05) is 18.3 Å². The van der Waals surface area contributed by atoms with Crippen LogP contribution in [0.15, 0.2) is 0 Å². The van der Waals surface area contributed by atoms with Crippen LogP contribution in [0.1, 0.15) is 78.4 Å². The van der Waals surface area contributed by atoms with Crippen LogP contribution in [0.4, 0.5) is 0 Å². The van der Waals surface area contributed by atoms with Gasteiger partial charge in [-0.15, -0.1) is 5.10 Å². The number of nitrogens with one attached hydrogen (secondary N) is 1.